The minimum Gasteiger partial charge on any atom is -0.455 e. The van der Waals surface area contributed by atoms with Crippen molar-refractivity contribution in [2.45, 2.75) is 0 Å². The van der Waals surface area contributed by atoms with Crippen molar-refractivity contribution >= 4 is 28.0 Å². The van der Waals surface area contributed by atoms with Crippen LogP contribution < -0.4 is 9.46 Å². The first-order chi connectivity index (χ1) is 10.9. The van der Waals surface area contributed by atoms with Gasteiger partial charge in [-0.2, -0.15) is 0 Å². The van der Waals surface area contributed by atoms with Crippen LogP contribution in [0.15, 0.2) is 42.5 Å². The number of benzene rings is 2. The minimum atomic E-state index is -1.40. The molecule has 9 nitrogen and oxygen atoms in total. The monoisotopic (exact) mass is 337 g/mol. The van der Waals surface area contributed by atoms with Gasteiger partial charge in [0.25, 0.3) is 11.4 Å². The quantitative estimate of drug-likeness (QED) is 0.638. The summed E-state index contributed by atoms with van der Waals surface area (Å²) in [6.45, 7) is 0. The maximum absolute atomic E-state index is 11.3. The Morgan fingerprint density at radius 2 is 1.57 bits per heavy atom. The molecule has 2 rings (SSSR count). The third-order valence-electron chi connectivity index (χ3n) is 2.71. The Hall–Kier alpha value is -3.01. The van der Waals surface area contributed by atoms with Gasteiger partial charge < -0.3 is 9.46 Å². The molecule has 0 aliphatic rings. The van der Waals surface area contributed by atoms with E-state index in [1.807, 2.05) is 0 Å². The third kappa shape index (κ3) is 4.23. The molecule has 23 heavy (non-hydrogen) atoms. The Morgan fingerprint density at radius 1 is 1.00 bits per heavy atom. The first kappa shape index (κ1) is 16.4. The summed E-state index contributed by atoms with van der Waals surface area (Å²) in [5, 5.41) is 21.5. The van der Waals surface area contributed by atoms with Gasteiger partial charge in [-0.05, 0) is 18.2 Å². The summed E-state index contributed by atoms with van der Waals surface area (Å²) in [4.78, 5) is 20.3. The smallest absolute Gasteiger partial charge is 0.273 e. The van der Waals surface area contributed by atoms with E-state index >= 15 is 0 Å². The minimum absolute atomic E-state index is 0.0863. The Bertz CT molecular complexity index is 778. The van der Waals surface area contributed by atoms with Gasteiger partial charge in [-0.15, -0.1) is 0 Å². The molecule has 0 fully saturated rings. The molecule has 0 saturated carbocycles. The fourth-order valence-electron chi connectivity index (χ4n) is 1.71. The number of hydrogen-bond acceptors (Lipinski definition) is 6. The van der Waals surface area contributed by atoms with E-state index in [0.29, 0.717) is 5.69 Å². The molecule has 0 bridgehead atoms. The molecule has 0 heterocycles. The second-order valence-electron chi connectivity index (χ2n) is 4.35. The zero-order valence-corrected chi connectivity index (χ0v) is 12.6. The lowest BCUT2D eigenvalue weighted by Crippen LogP contribution is -2.03. The summed E-state index contributed by atoms with van der Waals surface area (Å²) >= 11 is 0. The molecular formula is C13H11N3O6S. The van der Waals surface area contributed by atoms with Crippen LogP contribution in [0.5, 0.6) is 11.5 Å². The highest BCUT2D eigenvalue weighted by Gasteiger charge is 2.14. The number of nitro benzene ring substituents is 2. The Balaban J connectivity index is 2.35. The van der Waals surface area contributed by atoms with Crippen molar-refractivity contribution in [1.82, 2.24) is 0 Å². The molecule has 10 heteroatoms. The van der Waals surface area contributed by atoms with Crippen LogP contribution in [0.25, 0.3) is 0 Å². The van der Waals surface area contributed by atoms with E-state index in [1.165, 1.54) is 48.7 Å². The van der Waals surface area contributed by atoms with Gasteiger partial charge in [-0.1, -0.05) is 0 Å². The number of nitrogens with one attached hydrogen (secondary N) is 1. The number of nitro groups is 2. The molecule has 0 saturated heterocycles. The van der Waals surface area contributed by atoms with Gasteiger partial charge in [0.1, 0.15) is 16.7 Å². The topological polar surface area (TPSA) is 125 Å². The lowest BCUT2D eigenvalue weighted by atomic mass is 10.2. The SMILES string of the molecule is CS(=O)Nc1ccc([N+](=O)[O-])cc1Oc1ccc([N+](=O)[O-])cc1. The number of rotatable bonds is 6. The van der Waals surface area contributed by atoms with Crippen molar-refractivity contribution in [3.63, 3.8) is 0 Å². The number of nitrogens with zero attached hydrogens (tertiary/aromatic N) is 2. The fraction of sp³-hybridized carbons (Fsp3) is 0.0769. The molecule has 120 valence electrons. The van der Waals surface area contributed by atoms with Crippen LogP contribution in [0, 0.1) is 20.2 Å². The van der Waals surface area contributed by atoms with Crippen LogP contribution in [0.3, 0.4) is 0 Å². The van der Waals surface area contributed by atoms with Crippen LogP contribution in [0.2, 0.25) is 0 Å². The van der Waals surface area contributed by atoms with Crippen LogP contribution in [-0.2, 0) is 11.0 Å². The predicted octanol–water partition coefficient (Wildman–Crippen LogP) is 3.00. The first-order valence-electron chi connectivity index (χ1n) is 6.17. The van der Waals surface area contributed by atoms with E-state index in [4.69, 9.17) is 4.74 Å². The van der Waals surface area contributed by atoms with E-state index in [-0.39, 0.29) is 22.9 Å². The largest absolute Gasteiger partial charge is 0.455 e. The van der Waals surface area contributed by atoms with E-state index in [1.54, 1.807) is 0 Å². The Morgan fingerprint density at radius 3 is 2.09 bits per heavy atom. The van der Waals surface area contributed by atoms with Gasteiger partial charge in [0.2, 0.25) is 0 Å². The Labute approximate surface area is 132 Å². The average molecular weight is 337 g/mol. The average Bonchev–Trinajstić information content (AvgIpc) is 2.49. The maximum atomic E-state index is 11.3. The zero-order chi connectivity index (χ0) is 17.0. The van der Waals surface area contributed by atoms with E-state index in [2.05, 4.69) is 4.72 Å². The van der Waals surface area contributed by atoms with Crippen LogP contribution in [0.4, 0.5) is 17.1 Å². The van der Waals surface area contributed by atoms with Crippen molar-refractivity contribution < 1.29 is 18.8 Å². The molecule has 0 spiro atoms. The van der Waals surface area contributed by atoms with Gasteiger partial charge in [0.05, 0.1) is 21.6 Å². The van der Waals surface area contributed by atoms with E-state index in [9.17, 15) is 24.4 Å². The predicted molar refractivity (Wildman–Crippen MR) is 84.0 cm³/mol. The molecule has 1 atom stereocenters. The summed E-state index contributed by atoms with van der Waals surface area (Å²) in [6, 6.07) is 9.03. The molecule has 0 aliphatic carbocycles. The molecule has 1 unspecified atom stereocenters. The summed E-state index contributed by atoms with van der Waals surface area (Å²) in [5.74, 6) is 0.337. The van der Waals surface area contributed by atoms with Crippen molar-refractivity contribution in [2.24, 2.45) is 0 Å². The van der Waals surface area contributed by atoms with Crippen LogP contribution in [0.1, 0.15) is 0 Å². The summed E-state index contributed by atoms with van der Waals surface area (Å²) in [5.41, 5.74) is -0.00599. The molecule has 0 aliphatic heterocycles. The summed E-state index contributed by atoms with van der Waals surface area (Å²) < 4.78 is 19.4. The van der Waals surface area contributed by atoms with Gasteiger partial charge in [-0.3, -0.25) is 20.2 Å². The highest BCUT2D eigenvalue weighted by Crippen LogP contribution is 2.33. The van der Waals surface area contributed by atoms with Crippen LogP contribution >= 0.6 is 0 Å². The summed E-state index contributed by atoms with van der Waals surface area (Å²) in [7, 11) is -1.40. The number of non-ortho nitro benzene ring substituents is 2. The Kier molecular flexibility index (Phi) is 4.86. The standard InChI is InChI=1S/C13H11N3O6S/c1-23(21)14-12-7-4-10(16(19)20)8-13(12)22-11-5-2-9(3-6-11)15(17)18/h2-8,14H,1H3. The highest BCUT2D eigenvalue weighted by atomic mass is 32.2. The lowest BCUT2D eigenvalue weighted by molar-refractivity contribution is -0.385. The second-order valence-corrected chi connectivity index (χ2v) is 5.46. The maximum Gasteiger partial charge on any atom is 0.273 e. The number of hydrogen-bond donors (Lipinski definition) is 1. The van der Waals surface area contributed by atoms with E-state index in [0.717, 1.165) is 0 Å². The molecular weight excluding hydrogens is 326 g/mol. The highest BCUT2D eigenvalue weighted by molar-refractivity contribution is 7.85. The van der Waals surface area contributed by atoms with Gasteiger partial charge >= 0.3 is 0 Å². The summed E-state index contributed by atoms with van der Waals surface area (Å²) in [6.07, 6.45) is 1.40. The zero-order valence-electron chi connectivity index (χ0n) is 11.8. The normalized spacial score (nSPS) is 11.5. The van der Waals surface area contributed by atoms with Crippen molar-refractivity contribution in [3.05, 3.63) is 62.7 Å². The molecule has 0 aromatic heterocycles. The lowest BCUT2D eigenvalue weighted by Gasteiger charge is -2.11. The molecule has 2 aromatic carbocycles. The molecule has 0 radical (unpaired) electrons. The fourth-order valence-corrected chi connectivity index (χ4v) is 2.19. The second kappa shape index (κ2) is 6.83. The molecule has 0 amide bonds. The van der Waals surface area contributed by atoms with Crippen molar-refractivity contribution in [1.29, 1.82) is 0 Å². The third-order valence-corrected chi connectivity index (χ3v) is 3.21. The molecule has 1 N–H and O–H groups in total. The van der Waals surface area contributed by atoms with Crippen molar-refractivity contribution in [2.75, 3.05) is 11.0 Å². The first-order valence-corrected chi connectivity index (χ1v) is 7.73. The number of ether oxygens (including phenoxy) is 1. The molecule has 2 aromatic rings. The van der Waals surface area contributed by atoms with Crippen LogP contribution in [-0.4, -0.2) is 20.3 Å². The van der Waals surface area contributed by atoms with Gasteiger partial charge in [0, 0.05) is 24.5 Å². The van der Waals surface area contributed by atoms with E-state index < -0.39 is 20.8 Å². The van der Waals surface area contributed by atoms with Gasteiger partial charge in [0.15, 0.2) is 5.75 Å². The van der Waals surface area contributed by atoms with Crippen molar-refractivity contribution in [3.8, 4) is 11.5 Å². The number of anilines is 1. The van der Waals surface area contributed by atoms with Gasteiger partial charge in [-0.25, -0.2) is 4.21 Å².